The van der Waals surface area contributed by atoms with Crippen LogP contribution in [0.15, 0.2) is 41.1 Å². The number of fused-ring (bicyclic) bond motifs is 1. The van der Waals surface area contributed by atoms with E-state index in [1.165, 1.54) is 12.4 Å². The molecule has 1 saturated carbocycles. The minimum Gasteiger partial charge on any atom is -0.493 e. The van der Waals surface area contributed by atoms with Crippen LogP contribution in [0.5, 0.6) is 11.5 Å². The van der Waals surface area contributed by atoms with Gasteiger partial charge in [0.05, 0.1) is 30.8 Å². The van der Waals surface area contributed by atoms with E-state index in [1.54, 1.807) is 25.3 Å². The van der Waals surface area contributed by atoms with E-state index >= 15 is 0 Å². The van der Waals surface area contributed by atoms with Crippen LogP contribution in [0, 0.1) is 17.7 Å². The van der Waals surface area contributed by atoms with Gasteiger partial charge in [-0.15, -0.1) is 0 Å². The Labute approximate surface area is 218 Å². The lowest BCUT2D eigenvalue weighted by Crippen LogP contribution is -2.31. The lowest BCUT2D eigenvalue weighted by molar-refractivity contribution is -0.161. The number of aromatic nitrogens is 2. The van der Waals surface area contributed by atoms with Crippen LogP contribution in [0.2, 0.25) is 0 Å². The van der Waals surface area contributed by atoms with Crippen molar-refractivity contribution in [1.82, 2.24) is 9.97 Å². The first-order valence-electron chi connectivity index (χ1n) is 12.0. The van der Waals surface area contributed by atoms with E-state index in [9.17, 15) is 9.18 Å². The molecule has 0 aliphatic heterocycles. The lowest BCUT2D eigenvalue weighted by atomic mass is 9.82. The van der Waals surface area contributed by atoms with E-state index in [0.717, 1.165) is 25.7 Å². The maximum atomic E-state index is 14.4. The number of ether oxygens (including phenoxy) is 3. The maximum Gasteiger partial charge on any atom is 0.309 e. The first-order valence-corrected chi connectivity index (χ1v) is 12.8. The van der Waals surface area contributed by atoms with Gasteiger partial charge in [-0.25, -0.2) is 14.4 Å². The number of carbonyl (C=O) groups excluding carboxylic acids is 1. The van der Waals surface area contributed by atoms with Crippen LogP contribution in [-0.4, -0.2) is 35.3 Å². The molecule has 1 N–H and O–H groups in total. The number of hydrogen-bond acceptors (Lipinski definition) is 7. The van der Waals surface area contributed by atoms with Gasteiger partial charge < -0.3 is 19.5 Å². The number of rotatable bonds is 7. The van der Waals surface area contributed by atoms with E-state index < -0.39 is 11.4 Å². The van der Waals surface area contributed by atoms with Crippen LogP contribution in [0.4, 0.5) is 15.9 Å². The molecular weight excluding hydrogens is 529 g/mol. The fourth-order valence-corrected chi connectivity index (χ4v) is 4.65. The molecule has 0 spiro atoms. The molecule has 1 heterocycles. The van der Waals surface area contributed by atoms with Gasteiger partial charge in [0.15, 0.2) is 11.5 Å². The zero-order chi connectivity index (χ0) is 25.9. The summed E-state index contributed by atoms with van der Waals surface area (Å²) in [5.74, 6) is 1.37. The molecule has 4 rings (SSSR count). The molecule has 0 unspecified atom stereocenters. The second kappa shape index (κ2) is 11.0. The normalized spacial score (nSPS) is 18.1. The molecule has 1 fully saturated rings. The Kier molecular flexibility index (Phi) is 7.97. The van der Waals surface area contributed by atoms with Gasteiger partial charge >= 0.3 is 5.97 Å². The summed E-state index contributed by atoms with van der Waals surface area (Å²) in [6.45, 7) is 6.20. The minimum absolute atomic E-state index is 0.0473. The highest BCUT2D eigenvalue weighted by Gasteiger charge is 2.30. The minimum atomic E-state index is -0.463. The van der Waals surface area contributed by atoms with Gasteiger partial charge in [0, 0.05) is 15.9 Å². The molecule has 1 aliphatic carbocycles. The number of nitrogens with one attached hydrogen (secondary N) is 1. The highest BCUT2D eigenvalue weighted by molar-refractivity contribution is 9.10. The quantitative estimate of drug-likeness (QED) is 0.318. The largest absolute Gasteiger partial charge is 0.493 e. The summed E-state index contributed by atoms with van der Waals surface area (Å²) in [6, 6.07) is 8.38. The fourth-order valence-electron chi connectivity index (χ4n) is 4.31. The number of halogens is 2. The zero-order valence-electron chi connectivity index (χ0n) is 20.9. The summed E-state index contributed by atoms with van der Waals surface area (Å²) in [6.07, 6.45) is 4.82. The van der Waals surface area contributed by atoms with Crippen molar-refractivity contribution in [3.63, 3.8) is 0 Å². The van der Waals surface area contributed by atoms with Gasteiger partial charge in [-0.2, -0.15) is 0 Å². The third kappa shape index (κ3) is 6.43. The van der Waals surface area contributed by atoms with Crippen LogP contribution in [0.3, 0.4) is 0 Å². The Hall–Kier alpha value is -2.94. The van der Waals surface area contributed by atoms with Gasteiger partial charge in [0.25, 0.3) is 0 Å². The van der Waals surface area contributed by atoms with Crippen molar-refractivity contribution in [2.75, 3.05) is 19.0 Å². The van der Waals surface area contributed by atoms with Crippen LogP contribution in [0.1, 0.15) is 46.5 Å². The third-order valence-electron chi connectivity index (χ3n) is 6.17. The average molecular weight is 560 g/mol. The first-order chi connectivity index (χ1) is 17.1. The predicted molar refractivity (Wildman–Crippen MR) is 140 cm³/mol. The van der Waals surface area contributed by atoms with Crippen molar-refractivity contribution in [3.8, 4) is 11.5 Å². The Morgan fingerprint density at radius 1 is 1.11 bits per heavy atom. The molecule has 0 radical (unpaired) electrons. The smallest absolute Gasteiger partial charge is 0.309 e. The second-order valence-electron chi connectivity index (χ2n) is 10.1. The molecule has 0 saturated heterocycles. The predicted octanol–water partition coefficient (Wildman–Crippen LogP) is 6.81. The van der Waals surface area contributed by atoms with Gasteiger partial charge in [-0.05, 0) is 76.6 Å². The lowest BCUT2D eigenvalue weighted by Gasteiger charge is -2.29. The Bertz CT molecular complexity index is 1240. The van der Waals surface area contributed by atoms with Crippen LogP contribution >= 0.6 is 15.9 Å². The number of benzene rings is 2. The van der Waals surface area contributed by atoms with Crippen molar-refractivity contribution in [2.24, 2.45) is 11.8 Å². The Morgan fingerprint density at radius 2 is 1.86 bits per heavy atom. The highest BCUT2D eigenvalue weighted by Crippen LogP contribution is 2.37. The van der Waals surface area contributed by atoms with Crippen molar-refractivity contribution < 1.29 is 23.4 Å². The maximum absolute atomic E-state index is 14.4. The van der Waals surface area contributed by atoms with Crippen molar-refractivity contribution in [1.29, 1.82) is 0 Å². The third-order valence-corrected chi connectivity index (χ3v) is 6.66. The van der Waals surface area contributed by atoms with E-state index in [2.05, 4.69) is 31.2 Å². The molecule has 0 atom stereocenters. The summed E-state index contributed by atoms with van der Waals surface area (Å²) in [7, 11) is 1.57. The van der Waals surface area contributed by atoms with E-state index in [-0.39, 0.29) is 11.9 Å². The summed E-state index contributed by atoms with van der Waals surface area (Å²) >= 11 is 3.27. The molecule has 9 heteroatoms. The molecule has 7 nitrogen and oxygen atoms in total. The number of hydrogen-bond donors (Lipinski definition) is 1. The zero-order valence-corrected chi connectivity index (χ0v) is 22.5. The molecule has 1 aromatic heterocycles. The first kappa shape index (κ1) is 26.1. The van der Waals surface area contributed by atoms with Crippen molar-refractivity contribution >= 4 is 44.3 Å². The molecular formula is C27H31BrFN3O4. The molecule has 0 amide bonds. The average Bonchev–Trinajstić information content (AvgIpc) is 2.83. The molecule has 36 heavy (non-hydrogen) atoms. The summed E-state index contributed by atoms with van der Waals surface area (Å²) in [5, 5.41) is 3.73. The molecule has 0 bridgehead atoms. The number of methoxy groups -OCH3 is 1. The monoisotopic (exact) mass is 559 g/mol. The van der Waals surface area contributed by atoms with Gasteiger partial charge in [-0.3, -0.25) is 4.79 Å². The summed E-state index contributed by atoms with van der Waals surface area (Å²) < 4.78 is 32.3. The topological polar surface area (TPSA) is 82.6 Å². The number of nitrogens with zero attached hydrogens (tertiary/aromatic N) is 2. The van der Waals surface area contributed by atoms with Gasteiger partial charge in [-0.1, -0.05) is 15.9 Å². The van der Waals surface area contributed by atoms with E-state index in [1.807, 2.05) is 26.8 Å². The molecule has 2 aromatic carbocycles. The molecule has 192 valence electrons. The van der Waals surface area contributed by atoms with Crippen molar-refractivity contribution in [3.05, 3.63) is 46.9 Å². The van der Waals surface area contributed by atoms with E-state index in [0.29, 0.717) is 50.9 Å². The van der Waals surface area contributed by atoms with Gasteiger partial charge in [0.2, 0.25) is 0 Å². The van der Waals surface area contributed by atoms with Crippen LogP contribution < -0.4 is 14.8 Å². The number of carbonyl (C=O) groups is 1. The Morgan fingerprint density at radius 3 is 2.53 bits per heavy atom. The SMILES string of the molecule is COc1cc2c(Nc3ccc(Br)cc3F)ncnc2cc1OCC1CCC(C(=O)OC(C)(C)C)CC1. The standard InChI is InChI=1S/C27H31BrFN3O4/c1-27(2,3)36-26(33)17-7-5-16(6-8-17)14-35-24-13-22-19(12-23(24)34-4)25(31-15-30-22)32-21-10-9-18(28)11-20(21)29/h9-13,15-17H,5-8,14H2,1-4H3,(H,30,31,32). The second-order valence-corrected chi connectivity index (χ2v) is 11.0. The summed E-state index contributed by atoms with van der Waals surface area (Å²) in [5.41, 5.74) is 0.489. The van der Waals surface area contributed by atoms with Crippen LogP contribution in [-0.2, 0) is 9.53 Å². The highest BCUT2D eigenvalue weighted by atomic mass is 79.9. The van der Waals surface area contributed by atoms with Crippen LogP contribution in [0.25, 0.3) is 10.9 Å². The summed E-state index contributed by atoms with van der Waals surface area (Å²) in [4.78, 5) is 21.0. The molecule has 3 aromatic rings. The number of anilines is 2. The van der Waals surface area contributed by atoms with Gasteiger partial charge in [0.1, 0.15) is 23.6 Å². The van der Waals surface area contributed by atoms with Crippen molar-refractivity contribution in [2.45, 2.75) is 52.1 Å². The van der Waals surface area contributed by atoms with E-state index in [4.69, 9.17) is 14.2 Å². The number of esters is 1. The molecule has 1 aliphatic rings. The Balaban J connectivity index is 1.44. The fraction of sp³-hybridized carbons (Fsp3) is 0.444.